The van der Waals surface area contributed by atoms with Crippen LogP contribution in [0.4, 0.5) is 0 Å². The van der Waals surface area contributed by atoms with Gasteiger partial charge in [-0.15, -0.1) is 0 Å². The average Bonchev–Trinajstić information content (AvgIpc) is 3.57. The summed E-state index contributed by atoms with van der Waals surface area (Å²) in [4.78, 5) is 14.9. The van der Waals surface area contributed by atoms with Gasteiger partial charge in [0.2, 0.25) is 0 Å². The molecule has 0 aliphatic carbocycles. The Labute approximate surface area is 284 Å². The second-order valence-corrected chi connectivity index (χ2v) is 12.1. The highest BCUT2D eigenvalue weighted by molar-refractivity contribution is 6.13. The highest BCUT2D eigenvalue weighted by atomic mass is 16.3. The van der Waals surface area contributed by atoms with E-state index in [9.17, 15) is 0 Å². The van der Waals surface area contributed by atoms with Crippen LogP contribution in [0.15, 0.2) is 180 Å². The molecular weight excluding hydrogens is 599 g/mol. The molecule has 2 aromatic heterocycles. The molecule has 49 heavy (non-hydrogen) atoms. The van der Waals surface area contributed by atoms with E-state index in [0.29, 0.717) is 17.5 Å². The van der Waals surface area contributed by atoms with Crippen LogP contribution >= 0.6 is 0 Å². The van der Waals surface area contributed by atoms with Crippen molar-refractivity contribution in [2.24, 2.45) is 0 Å². The summed E-state index contributed by atoms with van der Waals surface area (Å²) in [5.74, 6) is 1.83. The number of furan rings is 1. The Hall–Kier alpha value is -6.65. The van der Waals surface area contributed by atoms with E-state index in [4.69, 9.17) is 19.4 Å². The molecule has 0 bridgehead atoms. The Kier molecular flexibility index (Phi) is 7.10. The molecule has 2 heterocycles. The Bertz CT molecular complexity index is 2580. The van der Waals surface area contributed by atoms with Crippen LogP contribution in [-0.4, -0.2) is 15.0 Å². The second kappa shape index (κ2) is 12.2. The summed E-state index contributed by atoms with van der Waals surface area (Å²) >= 11 is 0. The number of hydrogen-bond donors (Lipinski definition) is 0. The molecule has 0 radical (unpaired) electrons. The van der Waals surface area contributed by atoms with E-state index in [1.165, 1.54) is 11.1 Å². The van der Waals surface area contributed by atoms with E-state index in [2.05, 4.69) is 115 Å². The number of rotatable bonds is 6. The highest BCUT2D eigenvalue weighted by Crippen LogP contribution is 2.38. The molecule has 0 amide bonds. The smallest absolute Gasteiger partial charge is 0.164 e. The largest absolute Gasteiger partial charge is 0.456 e. The lowest BCUT2D eigenvalue weighted by Gasteiger charge is -2.10. The van der Waals surface area contributed by atoms with Gasteiger partial charge in [-0.2, -0.15) is 0 Å². The molecule has 0 spiro atoms. The van der Waals surface area contributed by atoms with Gasteiger partial charge in [-0.1, -0.05) is 152 Å². The van der Waals surface area contributed by atoms with Gasteiger partial charge < -0.3 is 4.42 Å². The quantitative estimate of drug-likeness (QED) is 0.184. The SMILES string of the molecule is c1ccc(-c2cccc(-c3ccc(-c4nc(-c5ccccc5)nc(-c5ccc6c(c5)oc5cccc(-c7ccccc7)c56)n4)cc3)c2)cc1. The molecule has 0 saturated carbocycles. The third-order valence-corrected chi connectivity index (χ3v) is 8.95. The molecule has 4 nitrogen and oxygen atoms in total. The van der Waals surface area contributed by atoms with E-state index < -0.39 is 0 Å². The number of hydrogen-bond acceptors (Lipinski definition) is 4. The predicted molar refractivity (Wildman–Crippen MR) is 200 cm³/mol. The summed E-state index contributed by atoms with van der Waals surface area (Å²) in [7, 11) is 0. The van der Waals surface area contributed by atoms with Crippen LogP contribution in [0.5, 0.6) is 0 Å². The first-order valence-electron chi connectivity index (χ1n) is 16.4. The number of benzene rings is 7. The van der Waals surface area contributed by atoms with Gasteiger partial charge >= 0.3 is 0 Å². The van der Waals surface area contributed by atoms with Crippen LogP contribution < -0.4 is 0 Å². The van der Waals surface area contributed by atoms with Gasteiger partial charge in [-0.05, 0) is 57.6 Å². The van der Waals surface area contributed by atoms with E-state index in [0.717, 1.165) is 60.9 Å². The molecular formula is C45H29N3O. The molecule has 9 aromatic rings. The summed E-state index contributed by atoms with van der Waals surface area (Å²) in [5, 5.41) is 2.16. The third-order valence-electron chi connectivity index (χ3n) is 8.95. The minimum Gasteiger partial charge on any atom is -0.456 e. The highest BCUT2D eigenvalue weighted by Gasteiger charge is 2.16. The molecule has 4 heteroatoms. The fourth-order valence-electron chi connectivity index (χ4n) is 6.49. The van der Waals surface area contributed by atoms with Crippen LogP contribution in [0, 0.1) is 0 Å². The predicted octanol–water partition coefficient (Wildman–Crippen LogP) is 11.8. The molecule has 0 aliphatic rings. The molecule has 0 fully saturated rings. The molecule has 0 N–H and O–H groups in total. The van der Waals surface area contributed by atoms with Gasteiger partial charge in [-0.25, -0.2) is 15.0 Å². The fourth-order valence-corrected chi connectivity index (χ4v) is 6.49. The van der Waals surface area contributed by atoms with Crippen molar-refractivity contribution in [3.63, 3.8) is 0 Å². The van der Waals surface area contributed by atoms with Gasteiger partial charge in [0.1, 0.15) is 11.2 Å². The molecule has 0 aliphatic heterocycles. The average molecular weight is 628 g/mol. The van der Waals surface area contributed by atoms with Crippen LogP contribution in [-0.2, 0) is 0 Å². The van der Waals surface area contributed by atoms with Crippen molar-refractivity contribution in [3.8, 4) is 67.5 Å². The topological polar surface area (TPSA) is 51.8 Å². The summed E-state index contributed by atoms with van der Waals surface area (Å²) < 4.78 is 6.43. The fraction of sp³-hybridized carbons (Fsp3) is 0. The van der Waals surface area contributed by atoms with Gasteiger partial charge in [0.25, 0.3) is 0 Å². The van der Waals surface area contributed by atoms with Crippen molar-refractivity contribution in [1.82, 2.24) is 15.0 Å². The minimum absolute atomic E-state index is 0.592. The molecule has 230 valence electrons. The van der Waals surface area contributed by atoms with Crippen molar-refractivity contribution in [1.29, 1.82) is 0 Å². The lowest BCUT2D eigenvalue weighted by molar-refractivity contribution is 0.669. The van der Waals surface area contributed by atoms with E-state index in [-0.39, 0.29) is 0 Å². The maximum atomic E-state index is 6.43. The summed E-state index contributed by atoms with van der Waals surface area (Å²) in [6, 6.07) is 60.5. The van der Waals surface area contributed by atoms with Gasteiger partial charge in [0.15, 0.2) is 17.5 Å². The van der Waals surface area contributed by atoms with Gasteiger partial charge in [-0.3, -0.25) is 0 Å². The molecule has 0 saturated heterocycles. The van der Waals surface area contributed by atoms with Crippen molar-refractivity contribution in [2.75, 3.05) is 0 Å². The Morgan fingerprint density at radius 3 is 1.43 bits per heavy atom. The van der Waals surface area contributed by atoms with Crippen LogP contribution in [0.1, 0.15) is 0 Å². The zero-order valence-corrected chi connectivity index (χ0v) is 26.5. The van der Waals surface area contributed by atoms with Crippen LogP contribution in [0.3, 0.4) is 0 Å². The number of fused-ring (bicyclic) bond motifs is 3. The number of aromatic nitrogens is 3. The van der Waals surface area contributed by atoms with E-state index in [1.807, 2.05) is 60.7 Å². The van der Waals surface area contributed by atoms with E-state index >= 15 is 0 Å². The second-order valence-electron chi connectivity index (χ2n) is 12.1. The lowest BCUT2D eigenvalue weighted by Crippen LogP contribution is -2.00. The Morgan fingerprint density at radius 1 is 0.306 bits per heavy atom. The van der Waals surface area contributed by atoms with Crippen LogP contribution in [0.2, 0.25) is 0 Å². The number of nitrogens with zero attached hydrogens (tertiary/aromatic N) is 3. The van der Waals surface area contributed by atoms with Crippen LogP contribution in [0.25, 0.3) is 89.5 Å². The monoisotopic (exact) mass is 627 g/mol. The first-order valence-corrected chi connectivity index (χ1v) is 16.4. The molecule has 0 atom stereocenters. The lowest BCUT2D eigenvalue weighted by atomic mass is 9.98. The summed E-state index contributed by atoms with van der Waals surface area (Å²) in [5.41, 5.74) is 11.3. The van der Waals surface area contributed by atoms with Crippen molar-refractivity contribution in [2.45, 2.75) is 0 Å². The van der Waals surface area contributed by atoms with Crippen molar-refractivity contribution < 1.29 is 4.42 Å². The summed E-state index contributed by atoms with van der Waals surface area (Å²) in [6.07, 6.45) is 0. The van der Waals surface area contributed by atoms with E-state index in [1.54, 1.807) is 0 Å². The maximum absolute atomic E-state index is 6.43. The zero-order chi connectivity index (χ0) is 32.6. The Balaban J connectivity index is 1.12. The first kappa shape index (κ1) is 28.6. The molecule has 9 rings (SSSR count). The standard InChI is InChI=1S/C45H29N3O/c1-4-12-30(13-5-1)35-18-10-19-36(28-35)31-22-24-34(25-23-31)44-46-43(33-16-8-3-9-17-33)47-45(48-44)37-26-27-39-41(29-37)49-40-21-11-20-38(42(39)40)32-14-6-2-7-15-32/h1-29H. The Morgan fingerprint density at radius 2 is 0.776 bits per heavy atom. The zero-order valence-electron chi connectivity index (χ0n) is 26.5. The molecule has 0 unspecified atom stereocenters. The molecule has 7 aromatic carbocycles. The normalized spacial score (nSPS) is 11.3. The van der Waals surface area contributed by atoms with Crippen molar-refractivity contribution in [3.05, 3.63) is 176 Å². The van der Waals surface area contributed by atoms with Crippen molar-refractivity contribution >= 4 is 21.9 Å². The summed E-state index contributed by atoms with van der Waals surface area (Å²) in [6.45, 7) is 0. The maximum Gasteiger partial charge on any atom is 0.164 e. The minimum atomic E-state index is 0.592. The third kappa shape index (κ3) is 5.45. The van der Waals surface area contributed by atoms with Gasteiger partial charge in [0, 0.05) is 27.5 Å². The first-order chi connectivity index (χ1) is 24.3. The van der Waals surface area contributed by atoms with Gasteiger partial charge in [0.05, 0.1) is 0 Å².